The molecule has 2 aromatic rings. The van der Waals surface area contributed by atoms with Crippen LogP contribution in [0.15, 0.2) is 30.3 Å². The smallest absolute Gasteiger partial charge is 0.243 e. The summed E-state index contributed by atoms with van der Waals surface area (Å²) >= 11 is 0. The van der Waals surface area contributed by atoms with Gasteiger partial charge < -0.3 is 15.5 Å². The van der Waals surface area contributed by atoms with Gasteiger partial charge in [0.2, 0.25) is 11.8 Å². The van der Waals surface area contributed by atoms with Gasteiger partial charge in [0.15, 0.2) is 0 Å². The number of aromatic nitrogens is 2. The highest BCUT2D eigenvalue weighted by molar-refractivity contribution is 5.94. The van der Waals surface area contributed by atoms with E-state index in [1.54, 1.807) is 0 Å². The lowest BCUT2D eigenvalue weighted by molar-refractivity contribution is -0.125. The Balaban J connectivity index is 1.42. The number of halogens is 1. The molecule has 0 atom stereocenters. The Hall–Kier alpha value is -3.07. The fourth-order valence-electron chi connectivity index (χ4n) is 3.31. The highest BCUT2D eigenvalue weighted by atomic mass is 19.1. The van der Waals surface area contributed by atoms with E-state index in [-0.39, 0.29) is 36.6 Å². The largest absolute Gasteiger partial charge is 0.354 e. The summed E-state index contributed by atoms with van der Waals surface area (Å²) in [4.78, 5) is 37.6. The summed E-state index contributed by atoms with van der Waals surface area (Å²) < 4.78 is 12.9. The van der Waals surface area contributed by atoms with E-state index in [0.29, 0.717) is 5.69 Å². The lowest BCUT2D eigenvalue weighted by Gasteiger charge is -2.35. The van der Waals surface area contributed by atoms with Crippen molar-refractivity contribution in [1.82, 2.24) is 20.2 Å². The predicted molar refractivity (Wildman–Crippen MR) is 118 cm³/mol. The molecule has 9 heteroatoms. The lowest BCUT2D eigenvalue weighted by Crippen LogP contribution is -2.50. The van der Waals surface area contributed by atoms with Gasteiger partial charge in [0.25, 0.3) is 0 Å². The Morgan fingerprint density at radius 2 is 1.74 bits per heavy atom. The first kappa shape index (κ1) is 22.6. The molecular formula is C22H29FN6O2. The average molecular weight is 429 g/mol. The minimum atomic E-state index is -0.374. The van der Waals surface area contributed by atoms with E-state index < -0.39 is 0 Å². The molecule has 1 aromatic carbocycles. The standard InChI is InChI=1S/C22H29FN6O2/c1-15(2)22-25-16(3)12-19(27-22)29-10-8-28(9-11-29)14-21(31)24-13-20(30)26-18-6-4-17(23)5-7-18/h4-7,12,15H,8-11,13-14H2,1-3H3,(H,24,31)(H,26,30). The van der Waals surface area contributed by atoms with Crippen LogP contribution in [0.4, 0.5) is 15.9 Å². The average Bonchev–Trinajstić information content (AvgIpc) is 2.74. The first-order valence-corrected chi connectivity index (χ1v) is 10.4. The molecule has 0 aliphatic carbocycles. The van der Waals surface area contributed by atoms with Crippen LogP contribution in [-0.4, -0.2) is 66.0 Å². The lowest BCUT2D eigenvalue weighted by atomic mass is 10.2. The maximum Gasteiger partial charge on any atom is 0.243 e. The van der Waals surface area contributed by atoms with Crippen molar-refractivity contribution < 1.29 is 14.0 Å². The van der Waals surface area contributed by atoms with Crippen LogP contribution in [0, 0.1) is 12.7 Å². The number of nitrogens with zero attached hydrogens (tertiary/aromatic N) is 4. The normalized spacial score (nSPS) is 14.5. The van der Waals surface area contributed by atoms with Crippen molar-refractivity contribution in [2.75, 3.05) is 49.5 Å². The number of carbonyl (C=O) groups is 2. The first-order valence-electron chi connectivity index (χ1n) is 10.4. The third-order valence-electron chi connectivity index (χ3n) is 5.01. The van der Waals surface area contributed by atoms with Gasteiger partial charge in [0.1, 0.15) is 17.5 Å². The number of carbonyl (C=O) groups excluding carboxylic acids is 2. The number of amides is 2. The summed E-state index contributed by atoms with van der Waals surface area (Å²) in [5.74, 6) is 1.10. The van der Waals surface area contributed by atoms with Crippen LogP contribution in [0.2, 0.25) is 0 Å². The van der Waals surface area contributed by atoms with Gasteiger partial charge in [-0.1, -0.05) is 13.8 Å². The second kappa shape index (κ2) is 10.3. The molecule has 3 rings (SSSR count). The molecule has 166 valence electrons. The van der Waals surface area contributed by atoms with E-state index in [2.05, 4.69) is 44.2 Å². The van der Waals surface area contributed by atoms with E-state index in [1.807, 2.05) is 13.0 Å². The summed E-state index contributed by atoms with van der Waals surface area (Å²) in [5.41, 5.74) is 1.44. The van der Waals surface area contributed by atoms with E-state index in [9.17, 15) is 14.0 Å². The second-order valence-electron chi connectivity index (χ2n) is 7.98. The number of aryl methyl sites for hydroxylation is 1. The topological polar surface area (TPSA) is 90.5 Å². The van der Waals surface area contributed by atoms with Crippen LogP contribution in [-0.2, 0) is 9.59 Å². The monoisotopic (exact) mass is 428 g/mol. The second-order valence-corrected chi connectivity index (χ2v) is 7.98. The van der Waals surface area contributed by atoms with Crippen molar-refractivity contribution in [2.45, 2.75) is 26.7 Å². The number of piperazine rings is 1. The van der Waals surface area contributed by atoms with E-state index in [4.69, 9.17) is 0 Å². The van der Waals surface area contributed by atoms with E-state index >= 15 is 0 Å². The number of hydrogen-bond donors (Lipinski definition) is 2. The minimum absolute atomic E-state index is 0.131. The number of anilines is 2. The number of nitrogens with one attached hydrogen (secondary N) is 2. The molecule has 2 heterocycles. The Kier molecular flexibility index (Phi) is 7.51. The van der Waals surface area contributed by atoms with E-state index in [1.165, 1.54) is 24.3 Å². The van der Waals surface area contributed by atoms with Gasteiger partial charge >= 0.3 is 0 Å². The summed E-state index contributed by atoms with van der Waals surface area (Å²) in [6.45, 7) is 9.24. The molecule has 1 aliphatic rings. The fraction of sp³-hybridized carbons (Fsp3) is 0.455. The molecular weight excluding hydrogens is 399 g/mol. The molecule has 0 radical (unpaired) electrons. The minimum Gasteiger partial charge on any atom is -0.354 e. The molecule has 2 amide bonds. The molecule has 1 fully saturated rings. The summed E-state index contributed by atoms with van der Waals surface area (Å²) in [6.07, 6.45) is 0. The Labute approximate surface area is 181 Å². The quantitative estimate of drug-likeness (QED) is 0.700. The van der Waals surface area contributed by atoms with Crippen LogP contribution in [0.25, 0.3) is 0 Å². The van der Waals surface area contributed by atoms with Crippen molar-refractivity contribution in [2.24, 2.45) is 0 Å². The third kappa shape index (κ3) is 6.71. The van der Waals surface area contributed by atoms with Crippen LogP contribution in [0.3, 0.4) is 0 Å². The predicted octanol–water partition coefficient (Wildman–Crippen LogP) is 1.92. The fourth-order valence-corrected chi connectivity index (χ4v) is 3.31. The zero-order valence-electron chi connectivity index (χ0n) is 18.2. The zero-order valence-corrected chi connectivity index (χ0v) is 18.2. The highest BCUT2D eigenvalue weighted by Crippen LogP contribution is 2.18. The Bertz CT molecular complexity index is 911. The maximum absolute atomic E-state index is 12.9. The van der Waals surface area contributed by atoms with Crippen molar-refractivity contribution in [1.29, 1.82) is 0 Å². The molecule has 8 nitrogen and oxygen atoms in total. The summed E-state index contributed by atoms with van der Waals surface area (Å²) in [5, 5.41) is 5.25. The van der Waals surface area contributed by atoms with Gasteiger partial charge in [0.05, 0.1) is 13.1 Å². The molecule has 1 aromatic heterocycles. The summed E-state index contributed by atoms with van der Waals surface area (Å²) in [7, 11) is 0. The highest BCUT2D eigenvalue weighted by Gasteiger charge is 2.21. The van der Waals surface area contributed by atoms with Crippen molar-refractivity contribution in [3.05, 3.63) is 47.7 Å². The molecule has 0 spiro atoms. The Morgan fingerprint density at radius 1 is 1.06 bits per heavy atom. The van der Waals surface area contributed by atoms with Gasteiger partial charge in [-0.05, 0) is 31.2 Å². The number of hydrogen-bond acceptors (Lipinski definition) is 6. The number of rotatable bonds is 7. The SMILES string of the molecule is Cc1cc(N2CCN(CC(=O)NCC(=O)Nc3ccc(F)cc3)CC2)nc(C(C)C)n1. The first-order chi connectivity index (χ1) is 14.8. The van der Waals surface area contributed by atoms with Gasteiger partial charge in [0, 0.05) is 49.5 Å². The molecule has 0 bridgehead atoms. The van der Waals surface area contributed by atoms with Gasteiger partial charge in [-0.15, -0.1) is 0 Å². The molecule has 2 N–H and O–H groups in total. The molecule has 0 saturated carbocycles. The molecule has 1 saturated heterocycles. The van der Waals surface area contributed by atoms with Gasteiger partial charge in [-0.3, -0.25) is 14.5 Å². The van der Waals surface area contributed by atoms with Crippen molar-refractivity contribution >= 4 is 23.3 Å². The third-order valence-corrected chi connectivity index (χ3v) is 5.01. The molecule has 31 heavy (non-hydrogen) atoms. The maximum atomic E-state index is 12.9. The molecule has 1 aliphatic heterocycles. The zero-order chi connectivity index (χ0) is 22.4. The van der Waals surface area contributed by atoms with Gasteiger partial charge in [-0.2, -0.15) is 0 Å². The van der Waals surface area contributed by atoms with Crippen LogP contribution >= 0.6 is 0 Å². The van der Waals surface area contributed by atoms with Crippen LogP contribution in [0.1, 0.15) is 31.3 Å². The van der Waals surface area contributed by atoms with Crippen molar-refractivity contribution in [3.8, 4) is 0 Å². The van der Waals surface area contributed by atoms with Crippen LogP contribution < -0.4 is 15.5 Å². The van der Waals surface area contributed by atoms with Crippen molar-refractivity contribution in [3.63, 3.8) is 0 Å². The van der Waals surface area contributed by atoms with Crippen LogP contribution in [0.5, 0.6) is 0 Å². The van der Waals surface area contributed by atoms with E-state index in [0.717, 1.165) is 43.5 Å². The van der Waals surface area contributed by atoms with Gasteiger partial charge in [-0.25, -0.2) is 14.4 Å². The molecule has 0 unspecified atom stereocenters. The summed E-state index contributed by atoms with van der Waals surface area (Å²) in [6, 6.07) is 7.46. The Morgan fingerprint density at radius 3 is 2.39 bits per heavy atom. The number of benzene rings is 1.